The van der Waals surface area contributed by atoms with Crippen LogP contribution >= 0.6 is 31.7 Å². The van der Waals surface area contributed by atoms with Crippen molar-refractivity contribution in [1.82, 2.24) is 0 Å². The van der Waals surface area contributed by atoms with Crippen molar-refractivity contribution in [3.63, 3.8) is 0 Å². The lowest BCUT2D eigenvalue weighted by atomic mass is 10.3. The lowest BCUT2D eigenvalue weighted by Gasteiger charge is -2.45. The predicted molar refractivity (Wildman–Crippen MR) is 194 cm³/mol. The van der Waals surface area contributed by atoms with E-state index in [-0.39, 0.29) is 0 Å². The van der Waals surface area contributed by atoms with Gasteiger partial charge in [-0.05, 0) is 28.2 Å². The molecular weight excluding hydrogens is 1320 g/mol. The number of halogens is 40. The van der Waals surface area contributed by atoms with Crippen molar-refractivity contribution in [1.29, 1.82) is 0 Å². The second-order valence-electron chi connectivity index (χ2n) is 14.5. The van der Waals surface area contributed by atoms with E-state index in [9.17, 15) is 176 Å². The van der Waals surface area contributed by atoms with Gasteiger partial charge in [-0.15, -0.1) is 0 Å². The van der Waals surface area contributed by atoms with E-state index in [2.05, 4.69) is 0 Å². The van der Waals surface area contributed by atoms with Gasteiger partial charge >= 0.3 is 47.4 Å². The minimum Gasteiger partial charge on any atom is -0.203 e. The molecule has 0 spiro atoms. The first-order chi connectivity index (χ1) is 35.6. The maximum Gasteiger partial charge on any atom is 0.457 e. The Morgan fingerprint density at radius 1 is 0.225 bits per heavy atom. The van der Waals surface area contributed by atoms with Crippen LogP contribution in [0.5, 0.6) is 0 Å². The van der Waals surface area contributed by atoms with Gasteiger partial charge in [0.25, 0.3) is 0 Å². The molecule has 4 aromatic carbocycles. The molecule has 0 saturated heterocycles. The predicted octanol–water partition coefficient (Wildman–Crippen LogP) is 17.0. The van der Waals surface area contributed by atoms with E-state index in [1.807, 2.05) is 0 Å². The van der Waals surface area contributed by atoms with Gasteiger partial charge in [0, 0.05) is 5.40 Å². The first-order valence-electron chi connectivity index (χ1n) is 18.6. The van der Waals surface area contributed by atoms with Crippen molar-refractivity contribution in [2.24, 2.45) is 0 Å². The number of alkyl halides is 20. The lowest BCUT2D eigenvalue weighted by molar-refractivity contribution is -0.264. The Balaban J connectivity index is 0.000000459. The molecular formula is C36H8F40P4. The van der Waals surface area contributed by atoms with Crippen molar-refractivity contribution in [3.8, 4) is 0 Å². The molecule has 4 rings (SSSR count). The van der Waals surface area contributed by atoms with Crippen LogP contribution in [0.25, 0.3) is 0 Å². The van der Waals surface area contributed by atoms with E-state index < -0.39 is 241 Å². The Kier molecular flexibility index (Phi) is 20.2. The third-order valence-corrected chi connectivity index (χ3v) is 21.4. The molecule has 0 unspecified atom stereocenters. The van der Waals surface area contributed by atoms with Crippen molar-refractivity contribution in [3.05, 3.63) is 116 Å². The van der Waals surface area contributed by atoms with E-state index >= 15 is 0 Å². The summed E-state index contributed by atoms with van der Waals surface area (Å²) < 4.78 is 544. The molecule has 0 aliphatic heterocycles. The molecule has 0 fully saturated rings. The van der Waals surface area contributed by atoms with Crippen LogP contribution in [0.15, 0.2) is 0 Å². The molecule has 0 aromatic heterocycles. The van der Waals surface area contributed by atoms with Gasteiger partial charge in [-0.25, -0.2) is 87.8 Å². The average molecular weight is 1320 g/mol. The summed E-state index contributed by atoms with van der Waals surface area (Å²) in [6.07, 6.45) is -34.5. The second kappa shape index (κ2) is 23.1. The summed E-state index contributed by atoms with van der Waals surface area (Å²) in [7, 11) is -23.2. The van der Waals surface area contributed by atoms with Crippen LogP contribution in [-0.4, -0.2) is 65.1 Å². The van der Waals surface area contributed by atoms with Crippen LogP contribution in [-0.2, 0) is 0 Å². The Labute approximate surface area is 417 Å². The van der Waals surface area contributed by atoms with E-state index in [1.54, 1.807) is 0 Å². The fourth-order valence-corrected chi connectivity index (χ4v) is 18.1. The topological polar surface area (TPSA) is 0 Å². The molecule has 0 nitrogen and oxygen atoms in total. The van der Waals surface area contributed by atoms with Gasteiger partial charge in [0.1, 0.15) is 0 Å². The number of benzene rings is 4. The summed E-state index contributed by atoms with van der Waals surface area (Å²) in [5.41, 5.74) is -30.4. The second-order valence-corrected chi connectivity index (χ2v) is 24.6. The minimum atomic E-state index is -7.61. The summed E-state index contributed by atoms with van der Waals surface area (Å²) >= 11 is 0. The van der Waals surface area contributed by atoms with Gasteiger partial charge < -0.3 is 0 Å². The monoisotopic (exact) mass is 1320 g/mol. The van der Waals surface area contributed by atoms with Crippen LogP contribution < -0.4 is 21.2 Å². The van der Waals surface area contributed by atoms with Crippen LogP contribution in [0.3, 0.4) is 0 Å². The Morgan fingerprint density at radius 3 is 0.450 bits per heavy atom. The zero-order valence-electron chi connectivity index (χ0n) is 35.9. The van der Waals surface area contributed by atoms with Gasteiger partial charge in [0.05, 0.1) is 37.1 Å². The molecule has 0 aliphatic carbocycles. The van der Waals surface area contributed by atoms with Gasteiger partial charge in [-0.2, -0.15) is 87.8 Å². The first kappa shape index (κ1) is 70.1. The molecule has 0 radical (unpaired) electrons. The largest absolute Gasteiger partial charge is 0.457 e. The number of rotatable bonds is 13. The fourth-order valence-electron chi connectivity index (χ4n) is 6.15. The number of hydrogen-bond acceptors (Lipinski definition) is 0. The molecule has 0 heterocycles. The smallest absolute Gasteiger partial charge is 0.203 e. The molecule has 4 aromatic rings. The normalized spacial score (nSPS) is 13.7. The summed E-state index contributed by atoms with van der Waals surface area (Å²) in [5, 5.41) is -14.8. The lowest BCUT2D eigenvalue weighted by Crippen LogP contribution is -2.51. The highest BCUT2D eigenvalue weighted by Gasteiger charge is 2.83. The van der Waals surface area contributed by atoms with Crippen LogP contribution in [0.4, 0.5) is 176 Å². The third-order valence-electron chi connectivity index (χ3n) is 9.70. The van der Waals surface area contributed by atoms with Crippen LogP contribution in [0, 0.1) is 116 Å². The summed E-state index contributed by atoms with van der Waals surface area (Å²) in [6, 6.07) is 0. The summed E-state index contributed by atoms with van der Waals surface area (Å²) in [4.78, 5) is 0. The third kappa shape index (κ3) is 12.0. The molecule has 0 aliphatic rings. The van der Waals surface area contributed by atoms with Crippen LogP contribution in [0.1, 0.15) is 6.92 Å². The molecule has 44 heteroatoms. The zero-order chi connectivity index (χ0) is 63.2. The van der Waals surface area contributed by atoms with E-state index in [1.165, 1.54) is 0 Å². The standard InChI is InChI=1S/C26H4F20P2.C10H4F20P2/c27-3-7(31)15(39)23(16(40)8(3)32)47(24-17(41)9(33)4(28)10(34)18(24)42)1-2-48(25-19(43)11(35)5(29)12(36)20(25)44)26-21(45)13(37)6(30)14(38)22(26)46;1-2(31(7(23,24)3(11,12)13)8(25,26)4(14,15)16)32(9(27,28)5(17,18)19)10(29,30)6(20,21)22/h1-2H2;2H,1H3. The Hall–Kier alpha value is -4.20. The summed E-state index contributed by atoms with van der Waals surface area (Å²) in [5.74, 6) is -59.4. The molecule has 0 saturated carbocycles. The van der Waals surface area contributed by atoms with Crippen LogP contribution in [0.2, 0.25) is 0 Å². The van der Waals surface area contributed by atoms with Crippen molar-refractivity contribution >= 4 is 52.9 Å². The molecule has 0 N–H and O–H groups in total. The molecule has 80 heavy (non-hydrogen) atoms. The fraction of sp³-hybridized carbons (Fsp3) is 0.333. The molecule has 0 amide bonds. The molecule has 0 bridgehead atoms. The maximum absolute atomic E-state index is 14.9. The highest BCUT2D eigenvalue weighted by atomic mass is 31.2. The van der Waals surface area contributed by atoms with E-state index in [4.69, 9.17) is 0 Å². The maximum atomic E-state index is 14.9. The zero-order valence-corrected chi connectivity index (χ0v) is 39.5. The molecule has 0 atom stereocenters. The van der Waals surface area contributed by atoms with Gasteiger partial charge in [0.15, 0.2) is 93.1 Å². The Bertz CT molecular complexity index is 2500. The first-order valence-corrected chi connectivity index (χ1v) is 24.4. The van der Waals surface area contributed by atoms with E-state index in [0.29, 0.717) is 0 Å². The highest BCUT2D eigenvalue weighted by Crippen LogP contribution is 2.85. The Morgan fingerprint density at radius 2 is 0.338 bits per heavy atom. The summed E-state index contributed by atoms with van der Waals surface area (Å²) in [6.45, 7) is -1.24. The quantitative estimate of drug-likeness (QED) is 0.0542. The number of hydrogen-bond donors (Lipinski definition) is 0. The van der Waals surface area contributed by atoms with Crippen molar-refractivity contribution < 1.29 is 176 Å². The van der Waals surface area contributed by atoms with Gasteiger partial charge in [-0.3, -0.25) is 0 Å². The minimum absolute atomic E-state index is 1.24. The van der Waals surface area contributed by atoms with E-state index in [0.717, 1.165) is 0 Å². The highest BCUT2D eigenvalue weighted by molar-refractivity contribution is 7.78. The van der Waals surface area contributed by atoms with Gasteiger partial charge in [-0.1, -0.05) is 6.92 Å². The average Bonchev–Trinajstić information content (AvgIpc) is 3.31. The molecule has 452 valence electrons. The van der Waals surface area contributed by atoms with Gasteiger partial charge in [0.2, 0.25) is 23.3 Å². The SMILES string of the molecule is CC(P(C(F)(F)C(F)(F)F)C(F)(F)C(F)(F)F)P(C(F)(F)C(F)(F)F)C(F)(F)C(F)(F)F.Fc1c(F)c(F)c(P(CCP(c2c(F)c(F)c(F)c(F)c2F)c2c(F)c(F)c(F)c(F)c2F)c2c(F)c(F)c(F)c(F)c2F)c(F)c1F. The van der Waals surface area contributed by atoms with Crippen molar-refractivity contribution in [2.75, 3.05) is 12.3 Å². The van der Waals surface area contributed by atoms with Crippen molar-refractivity contribution in [2.45, 2.75) is 59.7 Å².